The largest absolute Gasteiger partial charge is 0.375 e. The molecule has 2 aromatic rings. The number of hydrogen-bond donors (Lipinski definition) is 2. The van der Waals surface area contributed by atoms with Crippen molar-refractivity contribution in [2.45, 2.75) is 30.5 Å². The Kier molecular flexibility index (Phi) is 5.03. The van der Waals surface area contributed by atoms with E-state index in [0.717, 1.165) is 10.6 Å². The number of carbonyl (C=O) groups excluding carboxylic acids is 1. The predicted octanol–water partition coefficient (Wildman–Crippen LogP) is 2.83. The van der Waals surface area contributed by atoms with Crippen molar-refractivity contribution in [1.82, 2.24) is 10.3 Å². The van der Waals surface area contributed by atoms with Crippen LogP contribution < -0.4 is 11.1 Å². The Bertz CT molecular complexity index is 580. The molecule has 2 rings (SSSR count). The Morgan fingerprint density at radius 3 is 2.75 bits per heavy atom. The monoisotopic (exact) mass is 307 g/mol. The van der Waals surface area contributed by atoms with Gasteiger partial charge in [-0.15, -0.1) is 23.1 Å². The van der Waals surface area contributed by atoms with Crippen molar-refractivity contribution in [2.75, 3.05) is 5.73 Å². The number of hydrogen-bond acceptors (Lipinski definition) is 5. The second-order valence-electron chi connectivity index (χ2n) is 4.47. The highest BCUT2D eigenvalue weighted by atomic mass is 32.2. The molecule has 6 heteroatoms. The zero-order valence-corrected chi connectivity index (χ0v) is 13.1. The standard InChI is InChI=1S/C14H17N3OS2/c1-9-3-5-12(6-4-9)20-10(2)13(18)16-7-11-8-19-14(15)17-11/h3-6,8,10H,7H2,1-2H3,(H2,15,17)(H,16,18)/t10-/m0/s1. The summed E-state index contributed by atoms with van der Waals surface area (Å²) < 4.78 is 0. The number of aromatic nitrogens is 1. The second-order valence-corrected chi connectivity index (χ2v) is 6.77. The number of thioether (sulfide) groups is 1. The predicted molar refractivity (Wildman–Crippen MR) is 84.9 cm³/mol. The van der Waals surface area contributed by atoms with Crippen LogP contribution in [0, 0.1) is 6.92 Å². The summed E-state index contributed by atoms with van der Waals surface area (Å²) in [6.45, 7) is 4.37. The van der Waals surface area contributed by atoms with Crippen LogP contribution in [0.3, 0.4) is 0 Å². The van der Waals surface area contributed by atoms with Gasteiger partial charge >= 0.3 is 0 Å². The van der Waals surface area contributed by atoms with Crippen molar-refractivity contribution in [3.05, 3.63) is 40.9 Å². The van der Waals surface area contributed by atoms with Crippen LogP contribution in [0.4, 0.5) is 5.13 Å². The van der Waals surface area contributed by atoms with E-state index in [-0.39, 0.29) is 11.2 Å². The number of nitrogens with zero attached hydrogens (tertiary/aromatic N) is 1. The van der Waals surface area contributed by atoms with Gasteiger partial charge in [0, 0.05) is 10.3 Å². The summed E-state index contributed by atoms with van der Waals surface area (Å²) in [5.74, 6) is 0.00199. The quantitative estimate of drug-likeness (QED) is 0.834. The molecule has 1 heterocycles. The molecule has 0 bridgehead atoms. The number of carbonyl (C=O) groups is 1. The lowest BCUT2D eigenvalue weighted by molar-refractivity contribution is -0.120. The number of anilines is 1. The van der Waals surface area contributed by atoms with Crippen LogP contribution in [-0.2, 0) is 11.3 Å². The maximum absolute atomic E-state index is 12.0. The summed E-state index contributed by atoms with van der Waals surface area (Å²) in [7, 11) is 0. The summed E-state index contributed by atoms with van der Waals surface area (Å²) in [6.07, 6.45) is 0. The number of benzene rings is 1. The Balaban J connectivity index is 1.84. The molecule has 3 N–H and O–H groups in total. The molecule has 20 heavy (non-hydrogen) atoms. The Morgan fingerprint density at radius 1 is 1.45 bits per heavy atom. The highest BCUT2D eigenvalue weighted by Crippen LogP contribution is 2.23. The molecule has 1 atom stereocenters. The molecule has 0 aliphatic rings. The van der Waals surface area contributed by atoms with Crippen LogP contribution in [0.5, 0.6) is 0 Å². The highest BCUT2D eigenvalue weighted by Gasteiger charge is 2.14. The second kappa shape index (κ2) is 6.76. The summed E-state index contributed by atoms with van der Waals surface area (Å²) in [5.41, 5.74) is 7.56. The fraction of sp³-hybridized carbons (Fsp3) is 0.286. The van der Waals surface area contributed by atoms with Gasteiger partial charge in [0.25, 0.3) is 0 Å². The van der Waals surface area contributed by atoms with Gasteiger partial charge < -0.3 is 11.1 Å². The molecule has 0 aliphatic heterocycles. The lowest BCUT2D eigenvalue weighted by atomic mass is 10.2. The molecule has 1 aromatic heterocycles. The van der Waals surface area contributed by atoms with Gasteiger partial charge in [0.05, 0.1) is 17.5 Å². The number of nitrogens with one attached hydrogen (secondary N) is 1. The van der Waals surface area contributed by atoms with Crippen LogP contribution in [0.15, 0.2) is 34.5 Å². The fourth-order valence-electron chi connectivity index (χ4n) is 1.60. The molecule has 0 saturated heterocycles. The molecular formula is C14H17N3OS2. The molecule has 0 spiro atoms. The minimum Gasteiger partial charge on any atom is -0.375 e. The summed E-state index contributed by atoms with van der Waals surface area (Å²) in [4.78, 5) is 17.2. The van der Waals surface area contributed by atoms with Gasteiger partial charge in [0.1, 0.15) is 0 Å². The first-order valence-electron chi connectivity index (χ1n) is 6.25. The van der Waals surface area contributed by atoms with E-state index in [9.17, 15) is 4.79 Å². The average Bonchev–Trinajstić information content (AvgIpc) is 2.84. The van der Waals surface area contributed by atoms with E-state index in [1.54, 1.807) is 11.8 Å². The minimum atomic E-state index is -0.145. The molecule has 0 unspecified atom stereocenters. The van der Waals surface area contributed by atoms with Crippen LogP contribution in [0.1, 0.15) is 18.2 Å². The number of thiazole rings is 1. The third kappa shape index (κ3) is 4.25. The molecule has 4 nitrogen and oxygen atoms in total. The van der Waals surface area contributed by atoms with E-state index < -0.39 is 0 Å². The number of amides is 1. The molecular weight excluding hydrogens is 290 g/mol. The van der Waals surface area contributed by atoms with Crippen molar-refractivity contribution < 1.29 is 4.79 Å². The van der Waals surface area contributed by atoms with Crippen molar-refractivity contribution >= 4 is 34.1 Å². The Labute approximate surface area is 126 Å². The smallest absolute Gasteiger partial charge is 0.233 e. The molecule has 0 aliphatic carbocycles. The van der Waals surface area contributed by atoms with Crippen LogP contribution >= 0.6 is 23.1 Å². The lowest BCUT2D eigenvalue weighted by Crippen LogP contribution is -2.30. The minimum absolute atomic E-state index is 0.00199. The molecule has 106 valence electrons. The van der Waals surface area contributed by atoms with E-state index in [2.05, 4.69) is 10.3 Å². The number of aryl methyl sites for hydroxylation is 1. The molecule has 0 fully saturated rings. The van der Waals surface area contributed by atoms with E-state index in [0.29, 0.717) is 11.7 Å². The normalized spacial score (nSPS) is 12.1. The average molecular weight is 307 g/mol. The SMILES string of the molecule is Cc1ccc(S[C@@H](C)C(=O)NCc2csc(N)n2)cc1. The van der Waals surface area contributed by atoms with Gasteiger partial charge in [-0.3, -0.25) is 4.79 Å². The third-order valence-electron chi connectivity index (χ3n) is 2.72. The van der Waals surface area contributed by atoms with Gasteiger partial charge in [-0.1, -0.05) is 17.7 Å². The zero-order chi connectivity index (χ0) is 14.5. The first kappa shape index (κ1) is 14.9. The molecule has 1 amide bonds. The highest BCUT2D eigenvalue weighted by molar-refractivity contribution is 8.00. The molecule has 0 radical (unpaired) electrons. The Hall–Kier alpha value is -1.53. The zero-order valence-electron chi connectivity index (χ0n) is 11.4. The topological polar surface area (TPSA) is 68.0 Å². The van der Waals surface area contributed by atoms with Crippen molar-refractivity contribution in [3.63, 3.8) is 0 Å². The third-order valence-corrected chi connectivity index (χ3v) is 4.55. The van der Waals surface area contributed by atoms with Crippen LogP contribution in [0.25, 0.3) is 0 Å². The fourth-order valence-corrected chi connectivity index (χ4v) is 3.05. The van der Waals surface area contributed by atoms with Gasteiger partial charge in [-0.05, 0) is 26.0 Å². The van der Waals surface area contributed by atoms with Gasteiger partial charge in [0.2, 0.25) is 5.91 Å². The Morgan fingerprint density at radius 2 is 2.15 bits per heavy atom. The summed E-state index contributed by atoms with van der Waals surface area (Å²) >= 11 is 2.92. The van der Waals surface area contributed by atoms with Gasteiger partial charge in [0.15, 0.2) is 5.13 Å². The maximum atomic E-state index is 12.0. The molecule has 1 aromatic carbocycles. The molecule has 0 saturated carbocycles. The van der Waals surface area contributed by atoms with E-state index in [4.69, 9.17) is 5.73 Å². The number of nitrogen functional groups attached to an aromatic ring is 1. The first-order valence-corrected chi connectivity index (χ1v) is 8.01. The van der Waals surface area contributed by atoms with Crippen molar-refractivity contribution in [1.29, 1.82) is 0 Å². The number of nitrogens with two attached hydrogens (primary N) is 1. The van der Waals surface area contributed by atoms with Gasteiger partial charge in [-0.25, -0.2) is 4.98 Å². The maximum Gasteiger partial charge on any atom is 0.233 e. The lowest BCUT2D eigenvalue weighted by Gasteiger charge is -2.11. The van der Waals surface area contributed by atoms with Crippen LogP contribution in [-0.4, -0.2) is 16.1 Å². The van der Waals surface area contributed by atoms with E-state index in [1.165, 1.54) is 16.9 Å². The van der Waals surface area contributed by atoms with Crippen LogP contribution in [0.2, 0.25) is 0 Å². The van der Waals surface area contributed by atoms with Crippen molar-refractivity contribution in [2.24, 2.45) is 0 Å². The summed E-state index contributed by atoms with van der Waals surface area (Å²) in [6, 6.07) is 8.16. The van der Waals surface area contributed by atoms with E-state index >= 15 is 0 Å². The summed E-state index contributed by atoms with van der Waals surface area (Å²) in [5, 5.41) is 5.11. The number of rotatable bonds is 5. The first-order chi connectivity index (χ1) is 9.54. The van der Waals surface area contributed by atoms with Crippen molar-refractivity contribution in [3.8, 4) is 0 Å². The van der Waals surface area contributed by atoms with E-state index in [1.807, 2.05) is 43.5 Å². The van der Waals surface area contributed by atoms with Gasteiger partial charge in [-0.2, -0.15) is 0 Å².